The van der Waals surface area contributed by atoms with Crippen molar-refractivity contribution in [3.05, 3.63) is 27.9 Å². The van der Waals surface area contributed by atoms with Crippen LogP contribution >= 0.6 is 0 Å². The fourth-order valence-electron chi connectivity index (χ4n) is 1.36. The van der Waals surface area contributed by atoms with Gasteiger partial charge in [-0.3, -0.25) is 15.2 Å². The van der Waals surface area contributed by atoms with Crippen molar-refractivity contribution in [3.8, 4) is 0 Å². The second-order valence-corrected chi connectivity index (χ2v) is 3.04. The van der Waals surface area contributed by atoms with Gasteiger partial charge in [0.25, 0.3) is 5.69 Å². The monoisotopic (exact) mass is 192 g/mol. The maximum atomic E-state index is 10.5. The summed E-state index contributed by atoms with van der Waals surface area (Å²) in [6.07, 6.45) is 0. The molecular formula is C8H8N4O2. The molecule has 1 heterocycles. The van der Waals surface area contributed by atoms with E-state index >= 15 is 0 Å². The topological polar surface area (TPSA) is 97.8 Å². The summed E-state index contributed by atoms with van der Waals surface area (Å²) >= 11 is 0. The van der Waals surface area contributed by atoms with Crippen LogP contribution in [-0.4, -0.2) is 15.1 Å². The van der Waals surface area contributed by atoms with E-state index < -0.39 is 4.92 Å². The molecule has 0 saturated heterocycles. The number of nitro benzene ring substituents is 1. The van der Waals surface area contributed by atoms with Crippen molar-refractivity contribution in [2.75, 3.05) is 5.73 Å². The molecule has 0 atom stereocenters. The summed E-state index contributed by atoms with van der Waals surface area (Å²) in [4.78, 5) is 10.1. The van der Waals surface area contributed by atoms with Gasteiger partial charge >= 0.3 is 0 Å². The fourth-order valence-corrected chi connectivity index (χ4v) is 1.36. The van der Waals surface area contributed by atoms with Gasteiger partial charge in [-0.05, 0) is 6.92 Å². The molecular weight excluding hydrogens is 184 g/mol. The first-order valence-electron chi connectivity index (χ1n) is 3.98. The van der Waals surface area contributed by atoms with E-state index in [2.05, 4.69) is 10.2 Å². The number of nitrogens with two attached hydrogens (primary N) is 1. The van der Waals surface area contributed by atoms with Crippen molar-refractivity contribution in [1.82, 2.24) is 10.2 Å². The zero-order valence-electron chi connectivity index (χ0n) is 7.44. The Kier molecular flexibility index (Phi) is 1.63. The molecule has 0 saturated carbocycles. The third kappa shape index (κ3) is 1.08. The molecule has 2 aromatic rings. The molecule has 6 nitrogen and oxygen atoms in total. The lowest BCUT2D eigenvalue weighted by molar-refractivity contribution is -0.384. The lowest BCUT2D eigenvalue weighted by Crippen LogP contribution is -1.92. The van der Waals surface area contributed by atoms with Crippen molar-refractivity contribution in [2.45, 2.75) is 6.92 Å². The number of benzene rings is 1. The predicted molar refractivity (Wildman–Crippen MR) is 51.9 cm³/mol. The van der Waals surface area contributed by atoms with Crippen LogP contribution in [0, 0.1) is 17.0 Å². The van der Waals surface area contributed by atoms with E-state index in [1.165, 1.54) is 12.1 Å². The van der Waals surface area contributed by atoms with Crippen LogP contribution in [0.3, 0.4) is 0 Å². The molecule has 2 rings (SSSR count). The number of nitrogens with one attached hydrogen (secondary N) is 1. The van der Waals surface area contributed by atoms with Crippen LogP contribution in [0.15, 0.2) is 12.1 Å². The van der Waals surface area contributed by atoms with E-state index in [-0.39, 0.29) is 5.69 Å². The SMILES string of the molecule is Cc1[nH]nc2c(N)cc([N+](=O)[O-])cc12. The summed E-state index contributed by atoms with van der Waals surface area (Å²) in [5, 5.41) is 17.9. The van der Waals surface area contributed by atoms with Crippen LogP contribution in [0.5, 0.6) is 0 Å². The highest BCUT2D eigenvalue weighted by molar-refractivity contribution is 5.93. The second-order valence-electron chi connectivity index (χ2n) is 3.04. The minimum Gasteiger partial charge on any atom is -0.397 e. The van der Waals surface area contributed by atoms with Gasteiger partial charge in [-0.1, -0.05) is 0 Å². The molecule has 0 aliphatic heterocycles. The number of fused-ring (bicyclic) bond motifs is 1. The number of nitro groups is 1. The minimum absolute atomic E-state index is 0.0144. The number of aromatic amines is 1. The number of anilines is 1. The van der Waals surface area contributed by atoms with Crippen molar-refractivity contribution in [3.63, 3.8) is 0 Å². The van der Waals surface area contributed by atoms with E-state index in [4.69, 9.17) is 5.73 Å². The Morgan fingerprint density at radius 1 is 1.57 bits per heavy atom. The van der Waals surface area contributed by atoms with Crippen LogP contribution in [0.1, 0.15) is 5.69 Å². The van der Waals surface area contributed by atoms with E-state index in [0.29, 0.717) is 16.6 Å². The standard InChI is InChI=1S/C8H8N4O2/c1-4-6-2-5(12(13)14)3-7(9)8(6)11-10-4/h2-3H,9H2,1H3,(H,10,11). The molecule has 0 fully saturated rings. The van der Waals surface area contributed by atoms with Gasteiger partial charge in [0.1, 0.15) is 5.52 Å². The van der Waals surface area contributed by atoms with Crippen LogP contribution in [0.2, 0.25) is 0 Å². The van der Waals surface area contributed by atoms with Crippen molar-refractivity contribution < 1.29 is 4.92 Å². The molecule has 72 valence electrons. The van der Waals surface area contributed by atoms with Crippen LogP contribution in [0.25, 0.3) is 10.9 Å². The number of non-ortho nitro benzene ring substituents is 1. The van der Waals surface area contributed by atoms with E-state index in [0.717, 1.165) is 5.69 Å². The number of rotatable bonds is 1. The normalized spacial score (nSPS) is 10.6. The number of nitrogen functional groups attached to an aromatic ring is 1. The molecule has 1 aromatic carbocycles. The molecule has 0 bridgehead atoms. The Hall–Kier alpha value is -2.11. The van der Waals surface area contributed by atoms with Gasteiger partial charge in [-0.15, -0.1) is 0 Å². The average molecular weight is 192 g/mol. The molecule has 0 aliphatic carbocycles. The first kappa shape index (κ1) is 8.49. The van der Waals surface area contributed by atoms with Gasteiger partial charge in [-0.2, -0.15) is 5.10 Å². The third-order valence-corrected chi connectivity index (χ3v) is 2.07. The number of hydrogen-bond donors (Lipinski definition) is 2. The summed E-state index contributed by atoms with van der Waals surface area (Å²) in [6.45, 7) is 1.79. The maximum Gasteiger partial charge on any atom is 0.272 e. The van der Waals surface area contributed by atoms with Crippen molar-refractivity contribution in [2.24, 2.45) is 0 Å². The first-order chi connectivity index (χ1) is 6.59. The quantitative estimate of drug-likeness (QED) is 0.405. The van der Waals surface area contributed by atoms with Gasteiger partial charge in [0.05, 0.1) is 10.6 Å². The molecule has 3 N–H and O–H groups in total. The number of H-pyrrole nitrogens is 1. The minimum atomic E-state index is -0.470. The van der Waals surface area contributed by atoms with E-state index in [9.17, 15) is 10.1 Å². The number of nitrogens with zero attached hydrogens (tertiary/aromatic N) is 2. The summed E-state index contributed by atoms with van der Waals surface area (Å²) < 4.78 is 0. The zero-order valence-corrected chi connectivity index (χ0v) is 7.44. The Balaban J connectivity index is 2.82. The Bertz CT molecular complexity index is 517. The Morgan fingerprint density at radius 2 is 2.29 bits per heavy atom. The predicted octanol–water partition coefficient (Wildman–Crippen LogP) is 1.36. The molecule has 0 spiro atoms. The summed E-state index contributed by atoms with van der Waals surface area (Å²) in [7, 11) is 0. The lowest BCUT2D eigenvalue weighted by atomic mass is 10.2. The molecule has 6 heteroatoms. The number of hydrogen-bond acceptors (Lipinski definition) is 4. The number of aryl methyl sites for hydroxylation is 1. The summed E-state index contributed by atoms with van der Waals surface area (Å²) in [5.41, 5.74) is 7.28. The van der Waals surface area contributed by atoms with Crippen LogP contribution in [-0.2, 0) is 0 Å². The van der Waals surface area contributed by atoms with Crippen molar-refractivity contribution >= 4 is 22.3 Å². The second kappa shape index (κ2) is 2.69. The lowest BCUT2D eigenvalue weighted by Gasteiger charge is -1.95. The molecule has 0 aliphatic rings. The molecule has 14 heavy (non-hydrogen) atoms. The van der Waals surface area contributed by atoms with Crippen LogP contribution in [0.4, 0.5) is 11.4 Å². The largest absolute Gasteiger partial charge is 0.397 e. The highest BCUT2D eigenvalue weighted by Crippen LogP contribution is 2.27. The first-order valence-corrected chi connectivity index (χ1v) is 3.98. The van der Waals surface area contributed by atoms with Gasteiger partial charge in [0, 0.05) is 23.2 Å². The Labute approximate surface area is 78.9 Å². The van der Waals surface area contributed by atoms with Gasteiger partial charge < -0.3 is 5.73 Å². The molecule has 1 aromatic heterocycles. The van der Waals surface area contributed by atoms with Gasteiger partial charge in [-0.25, -0.2) is 0 Å². The van der Waals surface area contributed by atoms with E-state index in [1.54, 1.807) is 6.92 Å². The molecule has 0 unspecified atom stereocenters. The summed E-state index contributed by atoms with van der Waals surface area (Å²) in [6, 6.07) is 2.77. The summed E-state index contributed by atoms with van der Waals surface area (Å²) in [5.74, 6) is 0. The molecule has 0 amide bonds. The maximum absolute atomic E-state index is 10.5. The highest BCUT2D eigenvalue weighted by Gasteiger charge is 2.12. The third-order valence-electron chi connectivity index (χ3n) is 2.07. The Morgan fingerprint density at radius 3 is 2.93 bits per heavy atom. The average Bonchev–Trinajstić information content (AvgIpc) is 2.48. The zero-order chi connectivity index (χ0) is 10.3. The van der Waals surface area contributed by atoms with Crippen LogP contribution < -0.4 is 5.73 Å². The van der Waals surface area contributed by atoms with Crippen molar-refractivity contribution in [1.29, 1.82) is 0 Å². The van der Waals surface area contributed by atoms with E-state index in [1.807, 2.05) is 0 Å². The van der Waals surface area contributed by atoms with Gasteiger partial charge in [0.15, 0.2) is 0 Å². The van der Waals surface area contributed by atoms with Gasteiger partial charge in [0.2, 0.25) is 0 Å². The molecule has 0 radical (unpaired) electrons. The fraction of sp³-hybridized carbons (Fsp3) is 0.125. The highest BCUT2D eigenvalue weighted by atomic mass is 16.6. The smallest absolute Gasteiger partial charge is 0.272 e. The number of aromatic nitrogens is 2.